The Labute approximate surface area is 198 Å². The Morgan fingerprint density at radius 3 is 2.31 bits per heavy atom. The summed E-state index contributed by atoms with van der Waals surface area (Å²) in [4.78, 5) is 0. The van der Waals surface area contributed by atoms with E-state index in [1.807, 2.05) is 0 Å². The number of hydrogen-bond donors (Lipinski definition) is 1. The van der Waals surface area contributed by atoms with E-state index in [4.69, 9.17) is 0 Å². The van der Waals surface area contributed by atoms with Gasteiger partial charge in [0.2, 0.25) is 0 Å². The molecule has 0 fully saturated rings. The van der Waals surface area contributed by atoms with Gasteiger partial charge in [0.05, 0.1) is 0 Å². The predicted molar refractivity (Wildman–Crippen MR) is 136 cm³/mol. The van der Waals surface area contributed by atoms with E-state index in [1.165, 1.54) is 33.3 Å². The molecule has 158 valence electrons. The average molecular weight is 594 g/mol. The van der Waals surface area contributed by atoms with Gasteiger partial charge in [-0.25, -0.2) is 0 Å². The van der Waals surface area contributed by atoms with Crippen LogP contribution in [0.15, 0.2) is 46.9 Å². The molecule has 0 bridgehead atoms. The van der Waals surface area contributed by atoms with Crippen LogP contribution in [0.2, 0.25) is 9.26 Å². The van der Waals surface area contributed by atoms with Crippen molar-refractivity contribution in [1.29, 1.82) is 0 Å². The van der Waals surface area contributed by atoms with Crippen molar-refractivity contribution in [2.75, 3.05) is 0 Å². The summed E-state index contributed by atoms with van der Waals surface area (Å²) < 4.78 is 13.4. The normalized spacial score (nSPS) is 16.1. The first-order valence-corrected chi connectivity index (χ1v) is 23.9. The van der Waals surface area contributed by atoms with Crippen LogP contribution in [0.5, 0.6) is 0 Å². The molecule has 1 unspecified atom stereocenters. The molecule has 29 heavy (non-hydrogen) atoms. The zero-order chi connectivity index (χ0) is 19.8. The molecule has 4 rings (SSSR count). The third-order valence-electron chi connectivity index (χ3n) is 5.73. The van der Waals surface area contributed by atoms with Gasteiger partial charge in [-0.05, 0) is 0 Å². The topological polar surface area (TPSA) is 17.0 Å². The van der Waals surface area contributed by atoms with Gasteiger partial charge in [-0.15, -0.1) is 24.8 Å². The first kappa shape index (κ1) is 25.4. The van der Waals surface area contributed by atoms with Crippen molar-refractivity contribution < 1.29 is 17.7 Å². The minimum atomic E-state index is -3.33. The molecule has 0 amide bonds. The molecule has 7 heteroatoms. The molecule has 2 aromatic carbocycles. The van der Waals surface area contributed by atoms with Crippen LogP contribution in [0.1, 0.15) is 35.7 Å². The monoisotopic (exact) mass is 590 g/mol. The van der Waals surface area contributed by atoms with Crippen molar-refractivity contribution in [1.82, 2.24) is 7.83 Å². The van der Waals surface area contributed by atoms with Crippen molar-refractivity contribution >= 4 is 58.5 Å². The zero-order valence-corrected chi connectivity index (χ0v) is 25.1. The van der Waals surface area contributed by atoms with Crippen molar-refractivity contribution in [2.24, 2.45) is 7.05 Å². The fourth-order valence-electron chi connectivity index (χ4n) is 5.41. The standard InChI is InChI=1S/C16H11BrN.C4H10N.2CH3.2ClH.H2Si.Zr/c1-18-14-9-11(17)6-7-13(14)16-12-5-3-2-4-10(12)8-15(16)18;1-4(2,3)5;;;;;;/h2-9H,1H3;5H,1-3H3;2*1H3;2*1H;1H2;/q;-1;;;;;;+1. The van der Waals surface area contributed by atoms with Crippen LogP contribution < -0.4 is 3.26 Å². The number of fused-ring (bicyclic) bond motifs is 5. The number of aryl methyl sites for hydroxylation is 1. The molecule has 1 atom stereocenters. The third-order valence-corrected chi connectivity index (χ3v) is 19.5. The van der Waals surface area contributed by atoms with Crippen LogP contribution in [-0.4, -0.2) is 17.0 Å². The molecule has 0 aliphatic heterocycles. The second kappa shape index (κ2) is 7.90. The van der Waals surface area contributed by atoms with E-state index in [1.54, 1.807) is 0 Å². The summed E-state index contributed by atoms with van der Waals surface area (Å²) in [6.07, 6.45) is 0. The molecule has 1 heterocycles. The van der Waals surface area contributed by atoms with Gasteiger partial charge >= 0.3 is 175 Å². The summed E-state index contributed by atoms with van der Waals surface area (Å²) in [6.45, 7) is 9.22. The van der Waals surface area contributed by atoms with Gasteiger partial charge in [0, 0.05) is 0 Å². The van der Waals surface area contributed by atoms with Gasteiger partial charge in [0.1, 0.15) is 0 Å². The van der Waals surface area contributed by atoms with E-state index in [-0.39, 0.29) is 30.4 Å². The summed E-state index contributed by atoms with van der Waals surface area (Å²) in [7, 11) is 2.25. The Hall–Kier alpha value is 0.1000. The molecule has 0 spiro atoms. The number of rotatable bonds is 2. The number of aromatic nitrogens is 1. The van der Waals surface area contributed by atoms with Crippen LogP contribution in [0.4, 0.5) is 0 Å². The number of nitrogens with zero attached hydrogens (tertiary/aromatic N) is 1. The summed E-state index contributed by atoms with van der Waals surface area (Å²) in [5.74, 6) is 0. The second-order valence-electron chi connectivity index (χ2n) is 10.2. The van der Waals surface area contributed by atoms with E-state index in [0.717, 1.165) is 4.47 Å². The van der Waals surface area contributed by atoms with Crippen molar-refractivity contribution in [3.8, 4) is 11.1 Å². The number of benzene rings is 2. The van der Waals surface area contributed by atoms with Crippen molar-refractivity contribution in [3.63, 3.8) is 0 Å². The molecule has 0 saturated carbocycles. The van der Waals surface area contributed by atoms with Crippen LogP contribution in [0.25, 0.3) is 22.0 Å². The minimum absolute atomic E-state index is 0. The summed E-state index contributed by atoms with van der Waals surface area (Å²) in [6, 6.07) is 15.8. The van der Waals surface area contributed by atoms with E-state index in [2.05, 4.69) is 110 Å². The Morgan fingerprint density at radius 1 is 1.07 bits per heavy atom. The first-order valence-electron chi connectivity index (χ1n) is 9.62. The maximum atomic E-state index is 4.18. The van der Waals surface area contributed by atoms with Crippen LogP contribution in [0, 0.1) is 0 Å². The predicted octanol–water partition coefficient (Wildman–Crippen LogP) is 6.49. The average Bonchev–Trinajstić information content (AvgIpc) is 2.99. The molecule has 0 radical (unpaired) electrons. The number of nitrogens with one attached hydrogen (secondary N) is 1. The molecule has 0 saturated heterocycles. The molecular formula is C22H31BrCl2N2SiZr. The SMILES string of the molecule is Cl.Cl.Cn1c2c(c3ccc(Br)cc31)-c1ccccc1[CH]2[Zr]([CH3])([CH3])(=[SiH2])[NH]C(C)(C)C. The Balaban J connectivity index is 0.00000150. The number of halogens is 3. The van der Waals surface area contributed by atoms with E-state index < -0.39 is 17.7 Å². The zero-order valence-electron chi connectivity index (χ0n) is 18.0. The summed E-state index contributed by atoms with van der Waals surface area (Å²) >= 11 is 0.337. The Bertz CT molecular complexity index is 1160. The summed E-state index contributed by atoms with van der Waals surface area (Å²) in [5, 5.41) is 1.37. The quantitative estimate of drug-likeness (QED) is 0.336. The van der Waals surface area contributed by atoms with E-state index in [9.17, 15) is 0 Å². The fraction of sp³-hybridized carbons (Fsp3) is 0.364. The second-order valence-corrected chi connectivity index (χ2v) is 39.8. The van der Waals surface area contributed by atoms with Gasteiger partial charge in [-0.3, -0.25) is 0 Å². The molecular weight excluding hydrogens is 562 g/mol. The number of hydrogen-bond acceptors (Lipinski definition) is 1. The molecule has 3 aromatic rings. The van der Waals surface area contributed by atoms with Crippen molar-refractivity contribution in [3.05, 3.63) is 58.2 Å². The maximum absolute atomic E-state index is 4.18. The van der Waals surface area contributed by atoms with Crippen LogP contribution >= 0.6 is 40.7 Å². The molecule has 1 aliphatic carbocycles. The van der Waals surface area contributed by atoms with Gasteiger partial charge in [0.15, 0.2) is 0 Å². The summed E-state index contributed by atoms with van der Waals surface area (Å²) in [5.41, 5.74) is 7.33. The molecule has 2 nitrogen and oxygen atoms in total. The molecule has 1 N–H and O–H groups in total. The van der Waals surface area contributed by atoms with Gasteiger partial charge in [0.25, 0.3) is 0 Å². The molecule has 1 aliphatic rings. The van der Waals surface area contributed by atoms with Gasteiger partial charge in [-0.2, -0.15) is 0 Å². The van der Waals surface area contributed by atoms with Gasteiger partial charge < -0.3 is 0 Å². The molecule has 1 aromatic heterocycles. The van der Waals surface area contributed by atoms with E-state index >= 15 is 0 Å². The third kappa shape index (κ3) is 4.25. The van der Waals surface area contributed by atoms with E-state index in [0.29, 0.717) is 3.63 Å². The Kier molecular flexibility index (Phi) is 6.91. The fourth-order valence-corrected chi connectivity index (χ4v) is 23.8. The first-order chi connectivity index (χ1) is 12.4. The van der Waals surface area contributed by atoms with Gasteiger partial charge in [-0.1, -0.05) is 0 Å². The van der Waals surface area contributed by atoms with Crippen LogP contribution in [-0.2, 0) is 24.7 Å². The van der Waals surface area contributed by atoms with Crippen molar-refractivity contribution in [2.45, 2.75) is 39.2 Å². The van der Waals surface area contributed by atoms with Crippen LogP contribution in [0.3, 0.4) is 0 Å². The Morgan fingerprint density at radius 2 is 1.69 bits per heavy atom.